The van der Waals surface area contributed by atoms with Gasteiger partial charge < -0.3 is 9.64 Å². The first-order chi connectivity index (χ1) is 10.6. The smallest absolute Gasteiger partial charge is 0.264 e. The maximum absolute atomic E-state index is 12.5. The molecule has 1 aromatic rings. The summed E-state index contributed by atoms with van der Waals surface area (Å²) in [4.78, 5) is 14.9. The molecule has 0 unspecified atom stereocenters. The summed E-state index contributed by atoms with van der Waals surface area (Å²) in [6, 6.07) is 1.51. The standard InChI is InChI=1S/C13H18N2O4S3/c16-13(14-3-7-20-8-4-14)12-9-11(10-21-12)22(17,18)15-1-5-19-6-2-15/h9-10H,1-8H2. The summed E-state index contributed by atoms with van der Waals surface area (Å²) in [7, 11) is -3.52. The number of sulfonamides is 1. The number of hydrogen-bond donors (Lipinski definition) is 0. The SMILES string of the molecule is O=C(c1cc(S(=O)(=O)N2CCOCC2)cs1)N1CCSCC1. The fourth-order valence-electron chi connectivity index (χ4n) is 2.42. The van der Waals surface area contributed by atoms with E-state index < -0.39 is 10.0 Å². The summed E-state index contributed by atoms with van der Waals surface area (Å²) >= 11 is 3.04. The van der Waals surface area contributed by atoms with Gasteiger partial charge in [-0.1, -0.05) is 0 Å². The number of hydrogen-bond acceptors (Lipinski definition) is 6. The molecule has 0 radical (unpaired) electrons. The van der Waals surface area contributed by atoms with E-state index in [0.29, 0.717) is 31.2 Å². The van der Waals surface area contributed by atoms with Crippen molar-refractivity contribution >= 4 is 39.0 Å². The number of rotatable bonds is 3. The maximum Gasteiger partial charge on any atom is 0.264 e. The van der Waals surface area contributed by atoms with Crippen molar-refractivity contribution in [2.24, 2.45) is 0 Å². The largest absolute Gasteiger partial charge is 0.379 e. The van der Waals surface area contributed by atoms with Crippen molar-refractivity contribution in [3.05, 3.63) is 16.3 Å². The van der Waals surface area contributed by atoms with Crippen molar-refractivity contribution in [3.63, 3.8) is 0 Å². The zero-order valence-electron chi connectivity index (χ0n) is 12.1. The van der Waals surface area contributed by atoms with Crippen LogP contribution in [0.3, 0.4) is 0 Å². The van der Waals surface area contributed by atoms with Gasteiger partial charge in [-0.05, 0) is 6.07 Å². The molecule has 2 aliphatic rings. The average molecular weight is 362 g/mol. The van der Waals surface area contributed by atoms with Crippen molar-refractivity contribution in [3.8, 4) is 0 Å². The Labute approximate surface area is 138 Å². The molecule has 2 aliphatic heterocycles. The number of thiophene rings is 1. The lowest BCUT2D eigenvalue weighted by atomic mass is 10.4. The maximum atomic E-state index is 12.5. The molecule has 0 bridgehead atoms. The van der Waals surface area contributed by atoms with Crippen LogP contribution in [0.1, 0.15) is 9.67 Å². The molecule has 22 heavy (non-hydrogen) atoms. The topological polar surface area (TPSA) is 66.9 Å². The zero-order valence-corrected chi connectivity index (χ0v) is 14.5. The highest BCUT2D eigenvalue weighted by Crippen LogP contribution is 2.25. The Balaban J connectivity index is 1.76. The molecule has 2 fully saturated rings. The van der Waals surface area contributed by atoms with Gasteiger partial charge in [0.15, 0.2) is 0 Å². The van der Waals surface area contributed by atoms with E-state index in [-0.39, 0.29) is 10.8 Å². The average Bonchev–Trinajstić information content (AvgIpc) is 3.06. The van der Waals surface area contributed by atoms with Gasteiger partial charge in [0.25, 0.3) is 5.91 Å². The Kier molecular flexibility index (Phi) is 5.08. The van der Waals surface area contributed by atoms with Crippen LogP contribution in [0.2, 0.25) is 0 Å². The lowest BCUT2D eigenvalue weighted by Gasteiger charge is -2.26. The Morgan fingerprint density at radius 3 is 2.50 bits per heavy atom. The van der Waals surface area contributed by atoms with Gasteiger partial charge in [-0.25, -0.2) is 8.42 Å². The fraction of sp³-hybridized carbons (Fsp3) is 0.615. The summed E-state index contributed by atoms with van der Waals surface area (Å²) < 4.78 is 31.7. The van der Waals surface area contributed by atoms with Gasteiger partial charge in [-0.15, -0.1) is 11.3 Å². The summed E-state index contributed by atoms with van der Waals surface area (Å²) in [5.74, 6) is 1.82. The minimum absolute atomic E-state index is 0.0614. The van der Waals surface area contributed by atoms with Crippen LogP contribution in [0.15, 0.2) is 16.3 Å². The summed E-state index contributed by atoms with van der Waals surface area (Å²) in [6.45, 7) is 3.02. The van der Waals surface area contributed by atoms with Crippen molar-refractivity contribution in [2.75, 3.05) is 50.9 Å². The van der Waals surface area contributed by atoms with Crippen LogP contribution in [0.4, 0.5) is 0 Å². The molecule has 0 saturated carbocycles. The minimum atomic E-state index is -3.52. The summed E-state index contributed by atoms with van der Waals surface area (Å²) in [5, 5.41) is 1.57. The van der Waals surface area contributed by atoms with Crippen LogP contribution in [0, 0.1) is 0 Å². The highest BCUT2D eigenvalue weighted by molar-refractivity contribution is 7.99. The molecule has 0 aliphatic carbocycles. The molecule has 0 N–H and O–H groups in total. The molecule has 0 spiro atoms. The molecule has 6 nitrogen and oxygen atoms in total. The number of carbonyl (C=O) groups is 1. The van der Waals surface area contributed by atoms with E-state index >= 15 is 0 Å². The number of morpholine rings is 1. The van der Waals surface area contributed by atoms with Crippen LogP contribution in [0.25, 0.3) is 0 Å². The molecule has 1 amide bonds. The third-order valence-corrected chi connectivity index (χ3v) is 7.58. The quantitative estimate of drug-likeness (QED) is 0.801. The summed E-state index contributed by atoms with van der Waals surface area (Å²) in [5.41, 5.74) is 0. The van der Waals surface area contributed by atoms with Crippen LogP contribution < -0.4 is 0 Å². The molecule has 122 valence electrons. The van der Waals surface area contributed by atoms with E-state index in [9.17, 15) is 13.2 Å². The van der Waals surface area contributed by atoms with Crippen LogP contribution in [0.5, 0.6) is 0 Å². The predicted octanol–water partition coefficient (Wildman–Crippen LogP) is 0.958. The van der Waals surface area contributed by atoms with E-state index in [1.54, 1.807) is 10.3 Å². The lowest BCUT2D eigenvalue weighted by Crippen LogP contribution is -2.40. The Bertz CT molecular complexity index is 631. The van der Waals surface area contributed by atoms with Crippen molar-refractivity contribution in [1.82, 2.24) is 9.21 Å². The van der Waals surface area contributed by atoms with E-state index in [2.05, 4.69) is 0 Å². The van der Waals surface area contributed by atoms with E-state index in [0.717, 1.165) is 24.6 Å². The molecule has 3 rings (SSSR count). The first-order valence-corrected chi connectivity index (χ1v) is 10.6. The highest BCUT2D eigenvalue weighted by Gasteiger charge is 2.29. The molecule has 3 heterocycles. The summed E-state index contributed by atoms with van der Waals surface area (Å²) in [6.07, 6.45) is 0. The second-order valence-electron chi connectivity index (χ2n) is 5.07. The van der Waals surface area contributed by atoms with Gasteiger partial charge in [0, 0.05) is 43.1 Å². The van der Waals surface area contributed by atoms with Gasteiger partial charge in [0.1, 0.15) is 0 Å². The van der Waals surface area contributed by atoms with Crippen molar-refractivity contribution in [2.45, 2.75) is 4.90 Å². The van der Waals surface area contributed by atoms with Gasteiger partial charge in [0.05, 0.1) is 23.0 Å². The van der Waals surface area contributed by atoms with Crippen LogP contribution >= 0.6 is 23.1 Å². The normalized spacial score (nSPS) is 21.0. The number of thioether (sulfide) groups is 1. The zero-order chi connectivity index (χ0) is 15.6. The van der Waals surface area contributed by atoms with Crippen molar-refractivity contribution < 1.29 is 17.9 Å². The molecule has 2 saturated heterocycles. The third kappa shape index (κ3) is 3.33. The second-order valence-corrected chi connectivity index (χ2v) is 9.14. The van der Waals surface area contributed by atoms with E-state index in [4.69, 9.17) is 4.74 Å². The number of carbonyl (C=O) groups excluding carboxylic acids is 1. The van der Waals surface area contributed by atoms with Crippen LogP contribution in [-0.2, 0) is 14.8 Å². The fourth-order valence-corrected chi connectivity index (χ4v) is 5.96. The third-order valence-electron chi connectivity index (χ3n) is 3.69. The van der Waals surface area contributed by atoms with Crippen LogP contribution in [-0.4, -0.2) is 74.4 Å². The Morgan fingerprint density at radius 2 is 1.82 bits per heavy atom. The van der Waals surface area contributed by atoms with Crippen molar-refractivity contribution in [1.29, 1.82) is 0 Å². The van der Waals surface area contributed by atoms with Gasteiger partial charge >= 0.3 is 0 Å². The van der Waals surface area contributed by atoms with Gasteiger partial charge in [-0.3, -0.25) is 4.79 Å². The molecule has 0 atom stereocenters. The predicted molar refractivity (Wildman–Crippen MR) is 87.1 cm³/mol. The molecule has 1 aromatic heterocycles. The van der Waals surface area contributed by atoms with E-state index in [1.807, 2.05) is 11.8 Å². The lowest BCUT2D eigenvalue weighted by molar-refractivity contribution is 0.0730. The molecule has 9 heteroatoms. The minimum Gasteiger partial charge on any atom is -0.379 e. The molecular formula is C13H18N2O4S3. The Hall–Kier alpha value is -0.610. The first kappa shape index (κ1) is 16.3. The van der Waals surface area contributed by atoms with E-state index in [1.165, 1.54) is 21.7 Å². The number of ether oxygens (including phenoxy) is 1. The monoisotopic (exact) mass is 362 g/mol. The molecule has 0 aromatic carbocycles. The first-order valence-electron chi connectivity index (χ1n) is 7.12. The molecular weight excluding hydrogens is 344 g/mol. The van der Waals surface area contributed by atoms with Gasteiger partial charge in [0.2, 0.25) is 10.0 Å². The Morgan fingerprint density at radius 1 is 1.14 bits per heavy atom. The van der Waals surface area contributed by atoms with Gasteiger partial charge in [-0.2, -0.15) is 16.1 Å². The highest BCUT2D eigenvalue weighted by atomic mass is 32.2. The number of amides is 1. The second kappa shape index (κ2) is 6.88. The number of nitrogens with zero attached hydrogens (tertiary/aromatic N) is 2.